The molecule has 0 saturated carbocycles. The zero-order chi connectivity index (χ0) is 40.0. The minimum Gasteiger partial charge on any atom is -0.309 e. The van der Waals surface area contributed by atoms with E-state index < -0.39 is 0 Å². The lowest BCUT2D eigenvalue weighted by Gasteiger charge is -2.12. The van der Waals surface area contributed by atoms with Crippen molar-refractivity contribution in [3.05, 3.63) is 206 Å². The summed E-state index contributed by atoms with van der Waals surface area (Å²) in [6.45, 7) is 0. The fourth-order valence-corrected chi connectivity index (χ4v) is 10.8. The molecule has 0 aliphatic heterocycles. The van der Waals surface area contributed by atoms with E-state index in [4.69, 9.17) is 9.97 Å². The van der Waals surface area contributed by atoms with Gasteiger partial charge in [0.05, 0.1) is 33.3 Å². The van der Waals surface area contributed by atoms with Gasteiger partial charge in [0.2, 0.25) is 5.95 Å². The van der Waals surface area contributed by atoms with Crippen LogP contribution in [0.1, 0.15) is 0 Å². The van der Waals surface area contributed by atoms with Crippen LogP contribution in [0.15, 0.2) is 206 Å². The van der Waals surface area contributed by atoms with Gasteiger partial charge in [-0.25, -0.2) is 9.97 Å². The largest absolute Gasteiger partial charge is 0.309 e. The molecule has 0 fully saturated rings. The molecule has 5 heteroatoms. The molecule has 0 amide bonds. The van der Waals surface area contributed by atoms with Gasteiger partial charge in [-0.15, -0.1) is 11.3 Å². The summed E-state index contributed by atoms with van der Waals surface area (Å²) in [6.07, 6.45) is 0. The van der Waals surface area contributed by atoms with Gasteiger partial charge in [-0.05, 0) is 93.5 Å². The molecule has 4 heterocycles. The zero-order valence-electron chi connectivity index (χ0n) is 32.8. The van der Waals surface area contributed by atoms with E-state index in [1.807, 2.05) is 11.3 Å². The summed E-state index contributed by atoms with van der Waals surface area (Å²) in [6, 6.07) is 74.3. The molecule has 0 atom stereocenters. The Hall–Kier alpha value is -7.86. The number of nitrogens with zero attached hydrogens (tertiary/aromatic N) is 4. The number of thiophene rings is 1. The van der Waals surface area contributed by atoms with Gasteiger partial charge in [-0.1, -0.05) is 146 Å². The van der Waals surface area contributed by atoms with Gasteiger partial charge in [-0.3, -0.25) is 4.57 Å². The molecule has 0 aliphatic carbocycles. The van der Waals surface area contributed by atoms with Crippen LogP contribution in [0.3, 0.4) is 0 Å². The second-order valence-electron chi connectivity index (χ2n) is 15.8. The zero-order valence-corrected chi connectivity index (χ0v) is 33.6. The second kappa shape index (κ2) is 13.3. The Morgan fingerprint density at radius 1 is 0.361 bits per heavy atom. The van der Waals surface area contributed by atoms with Crippen LogP contribution in [-0.4, -0.2) is 19.1 Å². The molecule has 284 valence electrons. The Kier molecular flexibility index (Phi) is 7.44. The van der Waals surface area contributed by atoms with Crippen LogP contribution in [0.25, 0.3) is 120 Å². The maximum atomic E-state index is 5.50. The van der Waals surface area contributed by atoms with Crippen LogP contribution in [0.2, 0.25) is 0 Å². The molecule has 4 nitrogen and oxygen atoms in total. The number of benzene rings is 9. The minimum absolute atomic E-state index is 0.659. The highest BCUT2D eigenvalue weighted by Gasteiger charge is 2.21. The number of rotatable bonds is 5. The molecule has 13 rings (SSSR count). The topological polar surface area (TPSA) is 35.6 Å². The monoisotopic (exact) mass is 794 g/mol. The fraction of sp³-hybridized carbons (Fsp3) is 0. The van der Waals surface area contributed by atoms with E-state index in [0.29, 0.717) is 5.95 Å². The third-order valence-electron chi connectivity index (χ3n) is 12.3. The van der Waals surface area contributed by atoms with Crippen LogP contribution in [0, 0.1) is 0 Å². The van der Waals surface area contributed by atoms with Crippen LogP contribution >= 0.6 is 11.3 Å². The molecule has 13 aromatic rings. The molecule has 0 spiro atoms. The van der Waals surface area contributed by atoms with Crippen molar-refractivity contribution < 1.29 is 0 Å². The van der Waals surface area contributed by atoms with Crippen molar-refractivity contribution in [1.29, 1.82) is 0 Å². The normalized spacial score (nSPS) is 11.9. The molecular formula is C56H34N4S. The van der Waals surface area contributed by atoms with Gasteiger partial charge in [0.25, 0.3) is 0 Å². The van der Waals surface area contributed by atoms with Crippen LogP contribution in [-0.2, 0) is 0 Å². The predicted octanol–water partition coefficient (Wildman–Crippen LogP) is 15.2. The number of aromatic nitrogens is 4. The molecule has 0 radical (unpaired) electrons. The Bertz CT molecular complexity index is 3860. The molecule has 9 aromatic carbocycles. The Balaban J connectivity index is 1.02. The van der Waals surface area contributed by atoms with E-state index in [0.717, 1.165) is 49.8 Å². The van der Waals surface area contributed by atoms with Crippen LogP contribution < -0.4 is 0 Å². The summed E-state index contributed by atoms with van der Waals surface area (Å²) in [5.41, 5.74) is 12.2. The predicted molar refractivity (Wildman–Crippen MR) is 257 cm³/mol. The van der Waals surface area contributed by atoms with Crippen molar-refractivity contribution in [2.45, 2.75) is 0 Å². The van der Waals surface area contributed by atoms with Crippen molar-refractivity contribution in [2.24, 2.45) is 0 Å². The van der Waals surface area contributed by atoms with E-state index in [1.165, 1.54) is 64.1 Å². The Morgan fingerprint density at radius 3 is 1.75 bits per heavy atom. The maximum absolute atomic E-state index is 5.50. The van der Waals surface area contributed by atoms with Crippen LogP contribution in [0.4, 0.5) is 0 Å². The Morgan fingerprint density at radius 2 is 0.967 bits per heavy atom. The molecule has 0 unspecified atom stereocenters. The van der Waals surface area contributed by atoms with E-state index in [1.54, 1.807) is 0 Å². The third kappa shape index (κ3) is 5.24. The van der Waals surface area contributed by atoms with Gasteiger partial charge in [-0.2, -0.15) is 0 Å². The van der Waals surface area contributed by atoms with Crippen molar-refractivity contribution in [3.8, 4) is 44.5 Å². The summed E-state index contributed by atoms with van der Waals surface area (Å²) in [5.74, 6) is 0.659. The molecule has 4 aromatic heterocycles. The lowest BCUT2D eigenvalue weighted by molar-refractivity contribution is 1.01. The highest BCUT2D eigenvalue weighted by Crippen LogP contribution is 2.43. The average molecular weight is 795 g/mol. The van der Waals surface area contributed by atoms with Gasteiger partial charge in [0.15, 0.2) is 0 Å². The van der Waals surface area contributed by atoms with E-state index in [2.05, 4.69) is 215 Å². The summed E-state index contributed by atoms with van der Waals surface area (Å²) < 4.78 is 5.85. The Labute approximate surface area is 354 Å². The van der Waals surface area contributed by atoms with Gasteiger partial charge < -0.3 is 4.57 Å². The molecule has 0 saturated heterocycles. The fourth-order valence-electron chi connectivity index (χ4n) is 9.55. The first-order valence-electron chi connectivity index (χ1n) is 20.7. The maximum Gasteiger partial charge on any atom is 0.235 e. The molecule has 0 aliphatic rings. The summed E-state index contributed by atoms with van der Waals surface area (Å²) in [5, 5.41) is 9.63. The smallest absolute Gasteiger partial charge is 0.235 e. The van der Waals surface area contributed by atoms with Gasteiger partial charge >= 0.3 is 0 Å². The first-order chi connectivity index (χ1) is 30.2. The van der Waals surface area contributed by atoms with E-state index >= 15 is 0 Å². The highest BCUT2D eigenvalue weighted by molar-refractivity contribution is 7.23. The number of fused-ring (bicyclic) bond motifs is 11. The highest BCUT2D eigenvalue weighted by atomic mass is 32.1. The molecule has 0 N–H and O–H groups in total. The number of hydrogen-bond donors (Lipinski definition) is 0. The van der Waals surface area contributed by atoms with Crippen molar-refractivity contribution in [1.82, 2.24) is 19.1 Å². The third-order valence-corrected chi connectivity index (χ3v) is 13.5. The number of hydrogen-bond acceptors (Lipinski definition) is 3. The standard InChI is InChI=1S/C56H34N4S/c1-4-15-36(16-5-1)51-34-40-24-28-46-53(55(40)61-51)54(37-17-6-2-7-18-37)58-56(57-46)60-47-23-13-12-22-43(47)44-32-38(26-29-48(44)60)39-27-30-49-45(33-39)52-42-21-11-10-14-35(42)25-31-50(52)59(49)41-19-8-3-9-20-41/h1-34H. The van der Waals surface area contributed by atoms with Gasteiger partial charge in [0, 0.05) is 47.8 Å². The summed E-state index contributed by atoms with van der Waals surface area (Å²) in [7, 11) is 0. The molecule has 61 heavy (non-hydrogen) atoms. The first kappa shape index (κ1) is 34.0. The lowest BCUT2D eigenvalue weighted by atomic mass is 9.99. The van der Waals surface area contributed by atoms with Crippen LogP contribution in [0.5, 0.6) is 0 Å². The first-order valence-corrected chi connectivity index (χ1v) is 21.5. The number of para-hydroxylation sites is 2. The lowest BCUT2D eigenvalue weighted by Crippen LogP contribution is -2.03. The molecule has 0 bridgehead atoms. The molecular weight excluding hydrogens is 761 g/mol. The van der Waals surface area contributed by atoms with Crippen molar-refractivity contribution in [2.75, 3.05) is 0 Å². The van der Waals surface area contributed by atoms with E-state index in [-0.39, 0.29) is 0 Å². The van der Waals surface area contributed by atoms with Crippen molar-refractivity contribution >= 4 is 86.7 Å². The SMILES string of the molecule is c1ccc(-c2cc3ccc4nc(-n5c6ccccc6c6cc(-c7ccc8c(c7)c7c9ccccc9ccc7n8-c7ccccc7)ccc65)nc(-c5ccccc5)c4c3s2)cc1. The van der Waals surface area contributed by atoms with E-state index in [9.17, 15) is 0 Å². The van der Waals surface area contributed by atoms with Crippen molar-refractivity contribution in [3.63, 3.8) is 0 Å². The minimum atomic E-state index is 0.659. The van der Waals surface area contributed by atoms with Gasteiger partial charge in [0.1, 0.15) is 0 Å². The summed E-state index contributed by atoms with van der Waals surface area (Å²) in [4.78, 5) is 12.1. The average Bonchev–Trinajstić information content (AvgIpc) is 4.02. The summed E-state index contributed by atoms with van der Waals surface area (Å²) >= 11 is 1.81. The second-order valence-corrected chi connectivity index (χ2v) is 16.8. The quantitative estimate of drug-likeness (QED) is 0.174.